The minimum atomic E-state index is -4.39. The van der Waals surface area contributed by atoms with Crippen LogP contribution in [-0.4, -0.2) is 14.6 Å². The van der Waals surface area contributed by atoms with E-state index in [2.05, 4.69) is 10.2 Å². The highest BCUT2D eigenvalue weighted by atomic mass is 19.4. The summed E-state index contributed by atoms with van der Waals surface area (Å²) in [6.45, 7) is 1.94. The van der Waals surface area contributed by atoms with Gasteiger partial charge in [-0.25, -0.2) is 0 Å². The number of hydrogen-bond acceptors (Lipinski definition) is 2. The second kappa shape index (κ2) is 4.33. The van der Waals surface area contributed by atoms with Gasteiger partial charge >= 0.3 is 6.18 Å². The fourth-order valence-corrected chi connectivity index (χ4v) is 1.96. The first kappa shape index (κ1) is 12.7. The number of aromatic nitrogens is 3. The highest BCUT2D eigenvalue weighted by Gasteiger charge is 2.31. The number of nitrogens with zero attached hydrogens (tertiary/aromatic N) is 3. The Morgan fingerprint density at radius 1 is 0.950 bits per heavy atom. The van der Waals surface area contributed by atoms with Crippen molar-refractivity contribution in [3.8, 4) is 11.4 Å². The van der Waals surface area contributed by atoms with Gasteiger partial charge in [0.2, 0.25) is 0 Å². The Labute approximate surface area is 112 Å². The zero-order chi connectivity index (χ0) is 14.3. The van der Waals surface area contributed by atoms with Crippen molar-refractivity contribution < 1.29 is 13.2 Å². The predicted octanol–water partition coefficient (Wildman–Crippen LogP) is 3.72. The molecule has 0 unspecified atom stereocenters. The molecule has 20 heavy (non-hydrogen) atoms. The van der Waals surface area contributed by atoms with Crippen LogP contribution in [0.2, 0.25) is 0 Å². The number of halogens is 3. The van der Waals surface area contributed by atoms with Crippen LogP contribution in [0, 0.1) is 6.92 Å². The Morgan fingerprint density at radius 3 is 2.30 bits per heavy atom. The lowest BCUT2D eigenvalue weighted by atomic mass is 10.1. The fraction of sp³-hybridized carbons (Fsp3) is 0.143. The topological polar surface area (TPSA) is 30.2 Å². The maximum Gasteiger partial charge on any atom is 0.417 e. The van der Waals surface area contributed by atoms with Crippen LogP contribution >= 0.6 is 0 Å². The first-order valence-corrected chi connectivity index (χ1v) is 5.94. The molecule has 2 heterocycles. The van der Waals surface area contributed by atoms with E-state index in [1.165, 1.54) is 10.5 Å². The zero-order valence-corrected chi connectivity index (χ0v) is 10.5. The normalized spacial score (nSPS) is 12.0. The summed E-state index contributed by atoms with van der Waals surface area (Å²) < 4.78 is 39.6. The van der Waals surface area contributed by atoms with E-state index in [-0.39, 0.29) is 0 Å². The fourth-order valence-electron chi connectivity index (χ4n) is 1.96. The summed E-state index contributed by atoms with van der Waals surface area (Å²) >= 11 is 0. The van der Waals surface area contributed by atoms with Crippen molar-refractivity contribution in [1.29, 1.82) is 0 Å². The largest absolute Gasteiger partial charge is 0.417 e. The number of fused-ring (bicyclic) bond motifs is 1. The number of pyridine rings is 1. The summed E-state index contributed by atoms with van der Waals surface area (Å²) in [6, 6.07) is 9.70. The first-order valence-electron chi connectivity index (χ1n) is 5.94. The number of rotatable bonds is 1. The Kier molecular flexibility index (Phi) is 2.74. The molecule has 6 heteroatoms. The Balaban J connectivity index is 2.19. The molecule has 3 rings (SSSR count). The Bertz CT molecular complexity index is 757. The molecule has 0 aliphatic heterocycles. The first-order chi connectivity index (χ1) is 9.45. The smallest absolute Gasteiger partial charge is 0.282 e. The molecule has 0 N–H and O–H groups in total. The summed E-state index contributed by atoms with van der Waals surface area (Å²) in [5, 5.41) is 7.85. The highest BCUT2D eigenvalue weighted by Crippen LogP contribution is 2.30. The van der Waals surface area contributed by atoms with Gasteiger partial charge in [-0.05, 0) is 19.1 Å². The van der Waals surface area contributed by atoms with Crippen LogP contribution in [0.3, 0.4) is 0 Å². The zero-order valence-electron chi connectivity index (χ0n) is 10.5. The van der Waals surface area contributed by atoms with Crippen LogP contribution in [0.5, 0.6) is 0 Å². The van der Waals surface area contributed by atoms with Crippen molar-refractivity contribution in [2.75, 3.05) is 0 Å². The van der Waals surface area contributed by atoms with Crippen LogP contribution in [0.1, 0.15) is 11.1 Å². The summed E-state index contributed by atoms with van der Waals surface area (Å²) in [7, 11) is 0. The van der Waals surface area contributed by atoms with E-state index in [1.54, 1.807) is 0 Å². The average molecular weight is 277 g/mol. The maximum atomic E-state index is 12.8. The molecule has 0 bridgehead atoms. The maximum absolute atomic E-state index is 12.8. The molecule has 0 radical (unpaired) electrons. The third-order valence-corrected chi connectivity index (χ3v) is 3.04. The van der Waals surface area contributed by atoms with Crippen molar-refractivity contribution in [1.82, 2.24) is 14.6 Å². The lowest BCUT2D eigenvalue weighted by Gasteiger charge is -2.07. The number of benzene rings is 1. The van der Waals surface area contributed by atoms with Gasteiger partial charge in [0.05, 0.1) is 5.56 Å². The summed E-state index contributed by atoms with van der Waals surface area (Å²) in [5.74, 6) is 0.395. The van der Waals surface area contributed by atoms with E-state index < -0.39 is 11.7 Å². The van der Waals surface area contributed by atoms with E-state index >= 15 is 0 Å². The van der Waals surface area contributed by atoms with Crippen LogP contribution in [0.15, 0.2) is 42.6 Å². The van der Waals surface area contributed by atoms with Crippen LogP contribution in [0.25, 0.3) is 17.0 Å². The lowest BCUT2D eigenvalue weighted by Crippen LogP contribution is -2.06. The summed E-state index contributed by atoms with van der Waals surface area (Å²) in [4.78, 5) is 0. The molecule has 102 valence electrons. The van der Waals surface area contributed by atoms with Crippen LogP contribution in [-0.2, 0) is 6.18 Å². The third-order valence-electron chi connectivity index (χ3n) is 3.04. The Hall–Kier alpha value is -2.37. The second-order valence-electron chi connectivity index (χ2n) is 4.53. The van der Waals surface area contributed by atoms with Crippen molar-refractivity contribution >= 4 is 5.65 Å². The molecule has 0 fully saturated rings. The van der Waals surface area contributed by atoms with Crippen molar-refractivity contribution in [2.24, 2.45) is 0 Å². The molecule has 0 atom stereocenters. The third kappa shape index (κ3) is 2.13. The van der Waals surface area contributed by atoms with Gasteiger partial charge in [0.25, 0.3) is 0 Å². The predicted molar refractivity (Wildman–Crippen MR) is 68.2 cm³/mol. The van der Waals surface area contributed by atoms with Crippen molar-refractivity contribution in [3.63, 3.8) is 0 Å². The molecule has 1 aromatic carbocycles. The van der Waals surface area contributed by atoms with Crippen LogP contribution in [0.4, 0.5) is 13.2 Å². The number of aryl methyl sites for hydroxylation is 1. The molecule has 0 aliphatic carbocycles. The monoisotopic (exact) mass is 277 g/mol. The van der Waals surface area contributed by atoms with Gasteiger partial charge in [-0.3, -0.25) is 4.40 Å². The molecule has 0 aliphatic rings. The van der Waals surface area contributed by atoms with Crippen LogP contribution < -0.4 is 0 Å². The molecule has 0 amide bonds. The molecule has 0 spiro atoms. The van der Waals surface area contributed by atoms with E-state index in [9.17, 15) is 13.2 Å². The standard InChI is InChI=1S/C14H10F3N3/c1-9-2-4-10(5-3-9)13-19-18-12-7-6-11(8-20(12)13)14(15,16)17/h2-8H,1H3. The van der Waals surface area contributed by atoms with Gasteiger partial charge in [0, 0.05) is 11.8 Å². The molecule has 0 saturated heterocycles. The number of alkyl halides is 3. The van der Waals surface area contributed by atoms with Gasteiger partial charge < -0.3 is 0 Å². The minimum absolute atomic E-state index is 0.383. The van der Waals surface area contributed by atoms with E-state index in [1.807, 2.05) is 31.2 Å². The van der Waals surface area contributed by atoms with Gasteiger partial charge in [0.1, 0.15) is 0 Å². The molecule has 3 aromatic rings. The number of hydrogen-bond donors (Lipinski definition) is 0. The minimum Gasteiger partial charge on any atom is -0.282 e. The SMILES string of the molecule is Cc1ccc(-c2nnc3ccc(C(F)(F)F)cn23)cc1. The second-order valence-corrected chi connectivity index (χ2v) is 4.53. The summed E-state index contributed by atoms with van der Waals surface area (Å²) in [5.41, 5.74) is 1.45. The van der Waals surface area contributed by atoms with Crippen molar-refractivity contribution in [2.45, 2.75) is 13.1 Å². The molecule has 0 saturated carbocycles. The summed E-state index contributed by atoms with van der Waals surface area (Å²) in [6.07, 6.45) is -3.37. The molecular weight excluding hydrogens is 267 g/mol. The highest BCUT2D eigenvalue weighted by molar-refractivity contribution is 5.60. The quantitative estimate of drug-likeness (QED) is 0.678. The van der Waals surface area contributed by atoms with E-state index in [0.29, 0.717) is 11.5 Å². The molecular formula is C14H10F3N3. The Morgan fingerprint density at radius 2 is 1.65 bits per heavy atom. The average Bonchev–Trinajstić information content (AvgIpc) is 2.81. The lowest BCUT2D eigenvalue weighted by molar-refractivity contribution is -0.137. The van der Waals surface area contributed by atoms with Gasteiger partial charge in [-0.1, -0.05) is 29.8 Å². The molecule has 2 aromatic heterocycles. The van der Waals surface area contributed by atoms with Gasteiger partial charge in [0.15, 0.2) is 11.5 Å². The van der Waals surface area contributed by atoms with Gasteiger partial charge in [-0.2, -0.15) is 13.2 Å². The van der Waals surface area contributed by atoms with Gasteiger partial charge in [-0.15, -0.1) is 10.2 Å². The van der Waals surface area contributed by atoms with Crippen molar-refractivity contribution in [3.05, 3.63) is 53.7 Å². The van der Waals surface area contributed by atoms with E-state index in [0.717, 1.165) is 23.4 Å². The molecule has 3 nitrogen and oxygen atoms in total. The van der Waals surface area contributed by atoms with E-state index in [4.69, 9.17) is 0 Å².